The number of carbonyl (C=O) groups is 2. The van der Waals surface area contributed by atoms with E-state index in [1.807, 2.05) is 0 Å². The van der Waals surface area contributed by atoms with Gasteiger partial charge in [0.15, 0.2) is 5.96 Å². The Morgan fingerprint density at radius 3 is 2.55 bits per heavy atom. The number of methoxy groups -OCH3 is 1. The highest BCUT2D eigenvalue weighted by Crippen LogP contribution is 2.19. The number of amides is 1. The van der Waals surface area contributed by atoms with Crippen LogP contribution in [0.25, 0.3) is 0 Å². The number of sulfonamides is 1. The van der Waals surface area contributed by atoms with Crippen LogP contribution in [-0.2, 0) is 26.0 Å². The summed E-state index contributed by atoms with van der Waals surface area (Å²) in [6.45, 7) is 1.38. The van der Waals surface area contributed by atoms with Crippen molar-refractivity contribution in [2.24, 2.45) is 11.7 Å². The second kappa shape index (κ2) is 12.5. The maximum atomic E-state index is 13.3. The predicted octanol–water partition coefficient (Wildman–Crippen LogP) is 0.993. The Hall–Kier alpha value is -4.04. The average Bonchev–Trinajstić information content (AvgIpc) is 2.91. The third-order valence-corrected chi connectivity index (χ3v) is 7.74. The number of likely N-dealkylation sites (tertiary alicyclic amines) is 1. The van der Waals surface area contributed by atoms with E-state index in [9.17, 15) is 28.1 Å². The predicted molar refractivity (Wildman–Crippen MR) is 138 cm³/mol. The molecule has 1 amide bonds. The van der Waals surface area contributed by atoms with Gasteiger partial charge >= 0.3 is 5.97 Å². The van der Waals surface area contributed by atoms with E-state index in [-0.39, 0.29) is 41.0 Å². The Bertz CT molecular complexity index is 1300. The van der Waals surface area contributed by atoms with E-state index in [2.05, 4.69) is 14.8 Å². The first kappa shape index (κ1) is 28.5. The first-order valence-corrected chi connectivity index (χ1v) is 13.3. The summed E-state index contributed by atoms with van der Waals surface area (Å²) in [5, 5.41) is 21.4. The van der Waals surface area contributed by atoms with Crippen LogP contribution >= 0.6 is 0 Å². The summed E-state index contributed by atoms with van der Waals surface area (Å²) < 4.78 is 33.7. The second-order valence-electron chi connectivity index (χ2n) is 8.87. The van der Waals surface area contributed by atoms with E-state index in [1.165, 1.54) is 48.5 Å². The number of ether oxygens (including phenoxy) is 1. The molecule has 0 bridgehead atoms. The molecular weight excluding hydrogens is 516 g/mol. The minimum absolute atomic E-state index is 0.00767. The van der Waals surface area contributed by atoms with Crippen LogP contribution in [0.4, 0.5) is 5.69 Å². The number of nitrogens with two attached hydrogens (primary N) is 1. The molecule has 2 aromatic rings. The van der Waals surface area contributed by atoms with Crippen LogP contribution in [0.15, 0.2) is 53.4 Å². The number of carbonyl (C=O) groups excluding carboxylic acids is 2. The zero-order valence-corrected chi connectivity index (χ0v) is 21.6. The maximum Gasteiger partial charge on any atom is 0.339 e. The number of hydrogen-bond acceptors (Lipinski definition) is 8. The highest BCUT2D eigenvalue weighted by atomic mass is 32.2. The first-order chi connectivity index (χ1) is 18.0. The van der Waals surface area contributed by atoms with Gasteiger partial charge in [0.25, 0.3) is 5.69 Å². The lowest BCUT2D eigenvalue weighted by atomic mass is 9.98. The molecule has 0 unspecified atom stereocenters. The van der Waals surface area contributed by atoms with Crippen molar-refractivity contribution in [1.29, 1.82) is 5.41 Å². The van der Waals surface area contributed by atoms with E-state index in [1.54, 1.807) is 4.90 Å². The molecule has 0 saturated carbocycles. The van der Waals surface area contributed by atoms with E-state index in [0.717, 1.165) is 20.0 Å². The van der Waals surface area contributed by atoms with Crippen molar-refractivity contribution in [1.82, 2.24) is 14.9 Å². The average molecular weight is 547 g/mol. The molecule has 14 heteroatoms. The van der Waals surface area contributed by atoms with E-state index < -0.39 is 32.9 Å². The van der Waals surface area contributed by atoms with Crippen LogP contribution in [0.5, 0.6) is 0 Å². The van der Waals surface area contributed by atoms with Crippen molar-refractivity contribution in [2.45, 2.75) is 30.2 Å². The second-order valence-corrected chi connectivity index (χ2v) is 10.6. The summed E-state index contributed by atoms with van der Waals surface area (Å²) in [5.74, 6) is -1.50. The molecule has 0 aliphatic carbocycles. The number of nitrogens with one attached hydrogen (secondary N) is 3. The van der Waals surface area contributed by atoms with Crippen molar-refractivity contribution in [3.8, 4) is 0 Å². The Morgan fingerprint density at radius 2 is 1.92 bits per heavy atom. The van der Waals surface area contributed by atoms with Crippen LogP contribution in [-0.4, -0.2) is 68.9 Å². The molecule has 2 atom stereocenters. The number of non-ortho nitro benzene ring substituents is 1. The van der Waals surface area contributed by atoms with Gasteiger partial charge < -0.3 is 20.7 Å². The molecule has 1 saturated heterocycles. The SMILES string of the molecule is COC(=O)c1ccccc1S(=O)(=O)N[C@H](Cc1ccc([N+](=O)[O-])cc1)C(=O)NC[C@H]1CCCN(C(=N)N)C1. The lowest BCUT2D eigenvalue weighted by molar-refractivity contribution is -0.384. The molecule has 1 aliphatic rings. The Morgan fingerprint density at radius 1 is 1.24 bits per heavy atom. The van der Waals surface area contributed by atoms with Gasteiger partial charge in [-0.2, -0.15) is 4.72 Å². The number of nitro benzene ring substituents is 1. The van der Waals surface area contributed by atoms with Crippen molar-refractivity contribution < 1.29 is 27.7 Å². The number of rotatable bonds is 10. The van der Waals surface area contributed by atoms with Crippen LogP contribution in [0.1, 0.15) is 28.8 Å². The third kappa shape index (κ3) is 7.26. The molecule has 3 rings (SSSR count). The van der Waals surface area contributed by atoms with E-state index in [0.29, 0.717) is 18.7 Å². The molecule has 1 heterocycles. The van der Waals surface area contributed by atoms with Crippen molar-refractivity contribution in [3.63, 3.8) is 0 Å². The van der Waals surface area contributed by atoms with Gasteiger partial charge in [-0.15, -0.1) is 0 Å². The van der Waals surface area contributed by atoms with Gasteiger partial charge in [-0.1, -0.05) is 24.3 Å². The number of piperidine rings is 1. The Labute approximate surface area is 220 Å². The molecule has 1 aliphatic heterocycles. The summed E-state index contributed by atoms with van der Waals surface area (Å²) in [7, 11) is -3.24. The fourth-order valence-corrected chi connectivity index (χ4v) is 5.62. The van der Waals surface area contributed by atoms with Gasteiger partial charge in [0.1, 0.15) is 6.04 Å². The number of guanidine groups is 1. The van der Waals surface area contributed by atoms with Crippen molar-refractivity contribution in [2.75, 3.05) is 26.7 Å². The fourth-order valence-electron chi connectivity index (χ4n) is 4.23. The molecule has 0 radical (unpaired) electrons. The van der Waals surface area contributed by atoms with Crippen LogP contribution in [0.2, 0.25) is 0 Å². The zero-order chi connectivity index (χ0) is 27.9. The number of hydrogen-bond donors (Lipinski definition) is 4. The molecule has 2 aromatic carbocycles. The topological polar surface area (TPSA) is 198 Å². The molecule has 0 aromatic heterocycles. The van der Waals surface area contributed by atoms with Gasteiger partial charge in [0.2, 0.25) is 15.9 Å². The Kier molecular flexibility index (Phi) is 9.36. The van der Waals surface area contributed by atoms with Crippen molar-refractivity contribution >= 4 is 33.5 Å². The molecular formula is C24H30N6O7S. The van der Waals surface area contributed by atoms with Gasteiger partial charge in [-0.25, -0.2) is 13.2 Å². The van der Waals surface area contributed by atoms with Gasteiger partial charge in [0.05, 0.1) is 22.5 Å². The highest BCUT2D eigenvalue weighted by molar-refractivity contribution is 7.89. The Balaban J connectivity index is 1.83. The van der Waals surface area contributed by atoms with Crippen LogP contribution in [0, 0.1) is 21.4 Å². The molecule has 5 N–H and O–H groups in total. The minimum Gasteiger partial charge on any atom is -0.465 e. The van der Waals surface area contributed by atoms with Crippen LogP contribution < -0.4 is 15.8 Å². The quantitative estimate of drug-likeness (QED) is 0.110. The van der Waals surface area contributed by atoms with Crippen molar-refractivity contribution in [3.05, 3.63) is 69.8 Å². The normalized spacial score (nSPS) is 16.3. The zero-order valence-electron chi connectivity index (χ0n) is 20.8. The van der Waals surface area contributed by atoms with Gasteiger partial charge in [-0.3, -0.25) is 20.3 Å². The first-order valence-electron chi connectivity index (χ1n) is 11.8. The number of benzene rings is 2. The monoisotopic (exact) mass is 546 g/mol. The molecule has 0 spiro atoms. The third-order valence-electron chi connectivity index (χ3n) is 6.21. The summed E-state index contributed by atoms with van der Waals surface area (Å²) in [6, 6.07) is 9.59. The number of nitro groups is 1. The highest BCUT2D eigenvalue weighted by Gasteiger charge is 2.30. The lowest BCUT2D eigenvalue weighted by Crippen LogP contribution is -2.51. The summed E-state index contributed by atoms with van der Waals surface area (Å²) in [6.07, 6.45) is 1.49. The summed E-state index contributed by atoms with van der Waals surface area (Å²) >= 11 is 0. The molecule has 38 heavy (non-hydrogen) atoms. The lowest BCUT2D eigenvalue weighted by Gasteiger charge is -2.33. The fraction of sp³-hybridized carbons (Fsp3) is 0.375. The number of nitrogens with zero attached hydrogens (tertiary/aromatic N) is 2. The molecule has 13 nitrogen and oxygen atoms in total. The number of esters is 1. The van der Waals surface area contributed by atoms with E-state index in [4.69, 9.17) is 11.1 Å². The molecule has 1 fully saturated rings. The smallest absolute Gasteiger partial charge is 0.339 e. The minimum atomic E-state index is -4.37. The summed E-state index contributed by atoms with van der Waals surface area (Å²) in [4.78, 5) is 37.2. The van der Waals surface area contributed by atoms with Gasteiger partial charge in [-0.05, 0) is 42.9 Å². The standard InChI is InChI=1S/C24H30N6O7S/c1-37-23(32)19-6-2-3-7-21(19)38(35,36)28-20(13-16-8-10-18(11-9-16)30(33)34)22(31)27-14-17-5-4-12-29(15-17)24(25)26/h2-3,6-11,17,20,28H,4-5,12-15H2,1H3,(H3,25,26)(H,27,31)/t17-,20-/m1/s1. The summed E-state index contributed by atoms with van der Waals surface area (Å²) in [5.41, 5.74) is 5.74. The van der Waals surface area contributed by atoms with Gasteiger partial charge in [0, 0.05) is 31.8 Å². The maximum absolute atomic E-state index is 13.3. The van der Waals surface area contributed by atoms with E-state index >= 15 is 0 Å². The largest absolute Gasteiger partial charge is 0.465 e. The van der Waals surface area contributed by atoms with Crippen LogP contribution in [0.3, 0.4) is 0 Å². The molecule has 204 valence electrons.